The molecule has 0 amide bonds. The van der Waals surface area contributed by atoms with Gasteiger partial charge in [0, 0.05) is 18.8 Å². The van der Waals surface area contributed by atoms with E-state index in [1.807, 2.05) is 0 Å². The molecule has 1 atom stereocenters. The van der Waals surface area contributed by atoms with E-state index in [-0.39, 0.29) is 0 Å². The van der Waals surface area contributed by atoms with Gasteiger partial charge in [0.05, 0.1) is 6.54 Å². The van der Waals surface area contributed by atoms with E-state index in [0.29, 0.717) is 6.04 Å². The minimum absolute atomic E-state index is 0.707. The summed E-state index contributed by atoms with van der Waals surface area (Å²) in [6, 6.07) is 0.707. The van der Waals surface area contributed by atoms with Crippen LogP contribution in [0.2, 0.25) is 0 Å². The van der Waals surface area contributed by atoms with Gasteiger partial charge < -0.3 is 0 Å². The number of nitrogens with zero attached hydrogens (tertiary/aromatic N) is 2. The highest BCUT2D eigenvalue weighted by molar-refractivity contribution is 5.65. The third kappa shape index (κ3) is 0.874. The average Bonchev–Trinajstić information content (AvgIpc) is 2.33. The van der Waals surface area contributed by atoms with Crippen molar-refractivity contribution in [1.29, 1.82) is 0 Å². The summed E-state index contributed by atoms with van der Waals surface area (Å²) in [5.41, 5.74) is 0. The van der Waals surface area contributed by atoms with Crippen LogP contribution in [0.3, 0.4) is 0 Å². The fourth-order valence-electron chi connectivity index (χ4n) is 1.68. The molecule has 2 heteroatoms. The van der Waals surface area contributed by atoms with Crippen molar-refractivity contribution >= 4 is 6.21 Å². The minimum atomic E-state index is 0.707. The molecule has 0 radical (unpaired) electrons. The zero-order chi connectivity index (χ0) is 6.10. The van der Waals surface area contributed by atoms with Gasteiger partial charge in [-0.3, -0.25) is 9.89 Å². The van der Waals surface area contributed by atoms with Crippen molar-refractivity contribution in [3.8, 4) is 0 Å². The van der Waals surface area contributed by atoms with Gasteiger partial charge in [-0.1, -0.05) is 0 Å². The van der Waals surface area contributed by atoms with Crippen LogP contribution in [-0.2, 0) is 0 Å². The van der Waals surface area contributed by atoms with E-state index in [1.54, 1.807) is 0 Å². The van der Waals surface area contributed by atoms with Crippen LogP contribution >= 0.6 is 0 Å². The van der Waals surface area contributed by atoms with Crippen LogP contribution in [0.5, 0.6) is 0 Å². The van der Waals surface area contributed by atoms with Gasteiger partial charge in [0.2, 0.25) is 0 Å². The van der Waals surface area contributed by atoms with E-state index in [2.05, 4.69) is 16.1 Å². The molecule has 0 saturated carbocycles. The molecule has 0 bridgehead atoms. The first-order valence-electron chi connectivity index (χ1n) is 3.71. The maximum absolute atomic E-state index is 4.25. The fraction of sp³-hybridized carbons (Fsp3) is 0.857. The van der Waals surface area contributed by atoms with Crippen molar-refractivity contribution in [2.45, 2.75) is 18.9 Å². The molecule has 0 aromatic carbocycles. The number of aliphatic imine (C=N–C) groups is 1. The second-order valence-electron chi connectivity index (χ2n) is 2.80. The summed E-state index contributed by atoms with van der Waals surface area (Å²) >= 11 is 0. The second kappa shape index (κ2) is 2.10. The van der Waals surface area contributed by atoms with Crippen molar-refractivity contribution in [1.82, 2.24) is 4.90 Å². The van der Waals surface area contributed by atoms with Crippen LogP contribution in [0, 0.1) is 0 Å². The van der Waals surface area contributed by atoms with Crippen molar-refractivity contribution in [3.05, 3.63) is 0 Å². The number of rotatable bonds is 0. The van der Waals surface area contributed by atoms with Crippen LogP contribution in [0.15, 0.2) is 4.99 Å². The molecule has 2 rings (SSSR count). The molecule has 0 aromatic rings. The molecular weight excluding hydrogens is 112 g/mol. The standard InChI is InChI=1S/C7H12N2/c1-2-7-6-8-3-5-9(7)4-1/h6-7H,1-5H2. The van der Waals surface area contributed by atoms with Gasteiger partial charge in [-0.15, -0.1) is 0 Å². The number of hydrogen-bond acceptors (Lipinski definition) is 2. The third-order valence-corrected chi connectivity index (χ3v) is 2.21. The molecule has 2 aliphatic heterocycles. The van der Waals surface area contributed by atoms with E-state index in [4.69, 9.17) is 0 Å². The van der Waals surface area contributed by atoms with E-state index in [1.165, 1.54) is 25.9 Å². The molecule has 0 N–H and O–H groups in total. The monoisotopic (exact) mass is 124 g/mol. The Labute approximate surface area is 55.6 Å². The lowest BCUT2D eigenvalue weighted by Gasteiger charge is -2.23. The largest absolute Gasteiger partial charge is 0.295 e. The van der Waals surface area contributed by atoms with Gasteiger partial charge in [0.25, 0.3) is 0 Å². The lowest BCUT2D eigenvalue weighted by molar-refractivity contribution is 0.304. The Morgan fingerprint density at radius 2 is 2.44 bits per heavy atom. The molecule has 9 heavy (non-hydrogen) atoms. The smallest absolute Gasteiger partial charge is 0.0513 e. The van der Waals surface area contributed by atoms with Crippen molar-refractivity contribution < 1.29 is 0 Å². The lowest BCUT2D eigenvalue weighted by atomic mass is 10.2. The van der Waals surface area contributed by atoms with E-state index < -0.39 is 0 Å². The lowest BCUT2D eigenvalue weighted by Crippen LogP contribution is -2.35. The van der Waals surface area contributed by atoms with Crippen LogP contribution in [0.1, 0.15) is 12.8 Å². The predicted molar refractivity (Wildman–Crippen MR) is 38.0 cm³/mol. The van der Waals surface area contributed by atoms with Gasteiger partial charge in [0.15, 0.2) is 0 Å². The molecule has 50 valence electrons. The maximum atomic E-state index is 4.25. The van der Waals surface area contributed by atoms with Gasteiger partial charge >= 0.3 is 0 Å². The van der Waals surface area contributed by atoms with Crippen molar-refractivity contribution in [2.24, 2.45) is 4.99 Å². The maximum Gasteiger partial charge on any atom is 0.0513 e. The van der Waals surface area contributed by atoms with Gasteiger partial charge in [0.1, 0.15) is 0 Å². The summed E-state index contributed by atoms with van der Waals surface area (Å²) in [5, 5.41) is 0. The van der Waals surface area contributed by atoms with E-state index in [0.717, 1.165) is 6.54 Å². The molecular formula is C7H12N2. The topological polar surface area (TPSA) is 15.6 Å². The molecule has 1 fully saturated rings. The SMILES string of the molecule is C1=NCCN2CCCC12. The third-order valence-electron chi connectivity index (χ3n) is 2.21. The Balaban J connectivity index is 2.10. The first kappa shape index (κ1) is 5.42. The van der Waals surface area contributed by atoms with Crippen molar-refractivity contribution in [2.75, 3.05) is 19.6 Å². The molecule has 2 heterocycles. The van der Waals surface area contributed by atoms with Gasteiger partial charge in [-0.2, -0.15) is 0 Å². The zero-order valence-corrected chi connectivity index (χ0v) is 5.58. The normalized spacial score (nSPS) is 34.9. The fourth-order valence-corrected chi connectivity index (χ4v) is 1.68. The highest BCUT2D eigenvalue weighted by Crippen LogP contribution is 2.16. The highest BCUT2D eigenvalue weighted by atomic mass is 15.2. The minimum Gasteiger partial charge on any atom is -0.295 e. The molecule has 0 aromatic heterocycles. The van der Waals surface area contributed by atoms with Gasteiger partial charge in [-0.25, -0.2) is 0 Å². The Hall–Kier alpha value is -0.370. The zero-order valence-electron chi connectivity index (χ0n) is 5.58. The van der Waals surface area contributed by atoms with E-state index in [9.17, 15) is 0 Å². The van der Waals surface area contributed by atoms with Crippen molar-refractivity contribution in [3.63, 3.8) is 0 Å². The summed E-state index contributed by atoms with van der Waals surface area (Å²) in [7, 11) is 0. The van der Waals surface area contributed by atoms with Crippen LogP contribution in [0.25, 0.3) is 0 Å². The molecule has 1 saturated heterocycles. The Morgan fingerprint density at radius 1 is 1.44 bits per heavy atom. The Bertz CT molecular complexity index is 131. The summed E-state index contributed by atoms with van der Waals surface area (Å²) in [6.07, 6.45) is 4.83. The molecule has 2 aliphatic rings. The van der Waals surface area contributed by atoms with E-state index >= 15 is 0 Å². The first-order chi connectivity index (χ1) is 4.47. The summed E-state index contributed by atoms with van der Waals surface area (Å²) in [4.78, 5) is 6.77. The number of hydrogen-bond donors (Lipinski definition) is 0. The molecule has 1 unspecified atom stereocenters. The molecule has 2 nitrogen and oxygen atoms in total. The second-order valence-corrected chi connectivity index (χ2v) is 2.80. The predicted octanol–water partition coefficient (Wildman–Crippen LogP) is 0.535. The average molecular weight is 124 g/mol. The first-order valence-corrected chi connectivity index (χ1v) is 3.71. The number of fused-ring (bicyclic) bond motifs is 1. The quantitative estimate of drug-likeness (QED) is 0.460. The molecule has 0 aliphatic carbocycles. The van der Waals surface area contributed by atoms with Crippen LogP contribution in [-0.4, -0.2) is 36.8 Å². The molecule has 0 spiro atoms. The Kier molecular flexibility index (Phi) is 1.27. The highest BCUT2D eigenvalue weighted by Gasteiger charge is 2.23. The Morgan fingerprint density at radius 3 is 3.33 bits per heavy atom. The van der Waals surface area contributed by atoms with Crippen LogP contribution in [0.4, 0.5) is 0 Å². The van der Waals surface area contributed by atoms with Crippen LogP contribution < -0.4 is 0 Å². The summed E-state index contributed by atoms with van der Waals surface area (Å²) < 4.78 is 0. The summed E-state index contributed by atoms with van der Waals surface area (Å²) in [5.74, 6) is 0. The van der Waals surface area contributed by atoms with Gasteiger partial charge in [-0.05, 0) is 19.4 Å². The summed E-state index contributed by atoms with van der Waals surface area (Å²) in [6.45, 7) is 3.52.